The van der Waals surface area contributed by atoms with Crippen LogP contribution in [0.5, 0.6) is 0 Å². The summed E-state index contributed by atoms with van der Waals surface area (Å²) in [5.74, 6) is 0.0910. The lowest BCUT2D eigenvalue weighted by Gasteiger charge is -2.26. The van der Waals surface area contributed by atoms with Crippen molar-refractivity contribution in [1.29, 1.82) is 0 Å². The second-order valence-corrected chi connectivity index (χ2v) is 5.89. The van der Waals surface area contributed by atoms with E-state index in [9.17, 15) is 4.79 Å². The van der Waals surface area contributed by atoms with Crippen LogP contribution in [0.25, 0.3) is 16.7 Å². The molecule has 0 N–H and O–H groups in total. The van der Waals surface area contributed by atoms with Gasteiger partial charge in [0.15, 0.2) is 0 Å². The van der Waals surface area contributed by atoms with Crippen molar-refractivity contribution in [3.63, 3.8) is 0 Å². The lowest BCUT2D eigenvalue weighted by Crippen LogP contribution is -2.35. The van der Waals surface area contributed by atoms with Gasteiger partial charge in [0, 0.05) is 37.1 Å². The van der Waals surface area contributed by atoms with Crippen molar-refractivity contribution in [2.45, 2.75) is 19.3 Å². The highest BCUT2D eigenvalue weighted by molar-refractivity contribution is 5.97. The minimum absolute atomic E-state index is 0.0910. The number of fused-ring (bicyclic) bond motifs is 1. The minimum Gasteiger partial charge on any atom is -0.339 e. The maximum absolute atomic E-state index is 12.6. The zero-order valence-corrected chi connectivity index (χ0v) is 12.9. The molecule has 0 bridgehead atoms. The zero-order valence-electron chi connectivity index (χ0n) is 12.9. The van der Waals surface area contributed by atoms with Gasteiger partial charge in [0.25, 0.3) is 5.91 Å². The fourth-order valence-corrected chi connectivity index (χ4v) is 3.13. The number of rotatable bonds is 2. The van der Waals surface area contributed by atoms with E-state index in [1.807, 2.05) is 39.9 Å². The molecule has 0 spiro atoms. The Labute approximate surface area is 134 Å². The van der Waals surface area contributed by atoms with Gasteiger partial charge in [-0.1, -0.05) is 0 Å². The Bertz CT molecular complexity index is 835. The van der Waals surface area contributed by atoms with Gasteiger partial charge in [0.1, 0.15) is 5.65 Å². The van der Waals surface area contributed by atoms with Gasteiger partial charge in [-0.05, 0) is 43.5 Å². The van der Waals surface area contributed by atoms with E-state index in [4.69, 9.17) is 0 Å². The van der Waals surface area contributed by atoms with Crippen molar-refractivity contribution in [3.05, 3.63) is 54.6 Å². The molecule has 0 saturated carbocycles. The van der Waals surface area contributed by atoms with Gasteiger partial charge in [0.2, 0.25) is 0 Å². The Kier molecular flexibility index (Phi) is 3.54. The van der Waals surface area contributed by atoms with Crippen molar-refractivity contribution in [1.82, 2.24) is 19.4 Å². The summed E-state index contributed by atoms with van der Waals surface area (Å²) in [6.07, 6.45) is 10.6. The predicted molar refractivity (Wildman–Crippen MR) is 88.6 cm³/mol. The lowest BCUT2D eigenvalue weighted by atomic mass is 10.1. The van der Waals surface area contributed by atoms with E-state index in [-0.39, 0.29) is 5.91 Å². The van der Waals surface area contributed by atoms with Crippen LogP contribution in [-0.2, 0) is 0 Å². The Morgan fingerprint density at radius 3 is 2.74 bits per heavy atom. The second-order valence-electron chi connectivity index (χ2n) is 5.89. The van der Waals surface area contributed by atoms with E-state index in [0.717, 1.165) is 42.7 Å². The van der Waals surface area contributed by atoms with Gasteiger partial charge in [-0.2, -0.15) is 0 Å². The summed E-state index contributed by atoms with van der Waals surface area (Å²) in [6.45, 7) is 1.71. The molecule has 3 aromatic heterocycles. The van der Waals surface area contributed by atoms with Gasteiger partial charge in [-0.25, -0.2) is 4.98 Å². The highest BCUT2D eigenvalue weighted by Gasteiger charge is 2.19. The van der Waals surface area contributed by atoms with Crippen molar-refractivity contribution >= 4 is 16.9 Å². The van der Waals surface area contributed by atoms with Crippen LogP contribution in [0, 0.1) is 0 Å². The summed E-state index contributed by atoms with van der Waals surface area (Å²) in [7, 11) is 0. The number of piperidine rings is 1. The summed E-state index contributed by atoms with van der Waals surface area (Å²) >= 11 is 0. The number of amides is 1. The van der Waals surface area contributed by atoms with Crippen molar-refractivity contribution in [3.8, 4) is 5.69 Å². The third-order valence-electron chi connectivity index (χ3n) is 4.34. The van der Waals surface area contributed by atoms with Crippen LogP contribution in [0.4, 0.5) is 0 Å². The summed E-state index contributed by atoms with van der Waals surface area (Å²) in [4.78, 5) is 23.2. The SMILES string of the molecule is O=C(c1cnc2c(ccn2-c2cccnc2)c1)N1CCCCC1. The molecule has 1 fully saturated rings. The smallest absolute Gasteiger partial charge is 0.255 e. The minimum atomic E-state index is 0.0910. The average molecular weight is 306 g/mol. The van der Waals surface area contributed by atoms with E-state index >= 15 is 0 Å². The Morgan fingerprint density at radius 1 is 1.09 bits per heavy atom. The van der Waals surface area contributed by atoms with Gasteiger partial charge >= 0.3 is 0 Å². The molecule has 0 aromatic carbocycles. The number of likely N-dealkylation sites (tertiary alicyclic amines) is 1. The molecular formula is C18H18N4O. The molecule has 5 nitrogen and oxygen atoms in total. The fraction of sp³-hybridized carbons (Fsp3) is 0.278. The summed E-state index contributed by atoms with van der Waals surface area (Å²) in [5.41, 5.74) is 2.47. The predicted octanol–water partition coefficient (Wildman–Crippen LogP) is 3.05. The quantitative estimate of drug-likeness (QED) is 0.731. The third kappa shape index (κ3) is 2.59. The lowest BCUT2D eigenvalue weighted by molar-refractivity contribution is 0.0724. The van der Waals surface area contributed by atoms with Crippen LogP contribution >= 0.6 is 0 Å². The number of hydrogen-bond acceptors (Lipinski definition) is 3. The van der Waals surface area contributed by atoms with E-state index in [0.29, 0.717) is 5.56 Å². The van der Waals surface area contributed by atoms with Crippen molar-refractivity contribution in [2.75, 3.05) is 13.1 Å². The first-order valence-corrected chi connectivity index (χ1v) is 8.00. The third-order valence-corrected chi connectivity index (χ3v) is 4.34. The van der Waals surface area contributed by atoms with Gasteiger partial charge in [-0.3, -0.25) is 14.3 Å². The molecule has 116 valence electrons. The van der Waals surface area contributed by atoms with Crippen LogP contribution in [0.15, 0.2) is 49.1 Å². The Hall–Kier alpha value is -2.69. The van der Waals surface area contributed by atoms with Crippen LogP contribution in [0.3, 0.4) is 0 Å². The molecule has 4 heterocycles. The van der Waals surface area contributed by atoms with Gasteiger partial charge < -0.3 is 4.90 Å². The van der Waals surface area contributed by atoms with E-state index in [1.54, 1.807) is 18.6 Å². The van der Waals surface area contributed by atoms with Gasteiger partial charge in [-0.15, -0.1) is 0 Å². The number of hydrogen-bond donors (Lipinski definition) is 0. The maximum Gasteiger partial charge on any atom is 0.255 e. The largest absolute Gasteiger partial charge is 0.339 e. The van der Waals surface area contributed by atoms with Crippen molar-refractivity contribution < 1.29 is 4.79 Å². The molecular weight excluding hydrogens is 288 g/mol. The molecule has 1 saturated heterocycles. The van der Waals surface area contributed by atoms with Crippen LogP contribution in [-0.4, -0.2) is 38.4 Å². The number of aromatic nitrogens is 3. The highest BCUT2D eigenvalue weighted by Crippen LogP contribution is 2.20. The van der Waals surface area contributed by atoms with Gasteiger partial charge in [0.05, 0.1) is 17.4 Å². The molecule has 1 aliphatic heterocycles. The molecule has 4 rings (SSSR count). The first-order chi connectivity index (χ1) is 11.3. The zero-order chi connectivity index (χ0) is 15.6. The molecule has 0 atom stereocenters. The Balaban J connectivity index is 1.68. The van der Waals surface area contributed by atoms with E-state index in [2.05, 4.69) is 9.97 Å². The molecule has 0 radical (unpaired) electrons. The standard InChI is InChI=1S/C18H18N4O/c23-18(21-8-2-1-3-9-21)15-11-14-6-10-22(17(14)20-12-15)16-5-4-7-19-13-16/h4-7,10-13H,1-3,8-9H2. The summed E-state index contributed by atoms with van der Waals surface area (Å²) in [5, 5.41) is 0.969. The number of carbonyl (C=O) groups is 1. The fourth-order valence-electron chi connectivity index (χ4n) is 3.13. The van der Waals surface area contributed by atoms with Crippen LogP contribution < -0.4 is 0 Å². The molecule has 0 aliphatic carbocycles. The second kappa shape index (κ2) is 5.83. The highest BCUT2D eigenvalue weighted by atomic mass is 16.2. The maximum atomic E-state index is 12.6. The summed E-state index contributed by atoms with van der Waals surface area (Å²) < 4.78 is 1.98. The topological polar surface area (TPSA) is 51.0 Å². The number of pyridine rings is 2. The monoisotopic (exact) mass is 306 g/mol. The average Bonchev–Trinajstić information content (AvgIpc) is 3.06. The molecule has 5 heteroatoms. The summed E-state index contributed by atoms with van der Waals surface area (Å²) in [6, 6.07) is 7.81. The first kappa shape index (κ1) is 13.9. The normalized spacial score (nSPS) is 15.0. The van der Waals surface area contributed by atoms with E-state index in [1.165, 1.54) is 6.42 Å². The van der Waals surface area contributed by atoms with E-state index < -0.39 is 0 Å². The number of carbonyl (C=O) groups excluding carboxylic acids is 1. The Morgan fingerprint density at radius 2 is 1.96 bits per heavy atom. The molecule has 3 aromatic rings. The first-order valence-electron chi connectivity index (χ1n) is 8.00. The van der Waals surface area contributed by atoms with Crippen molar-refractivity contribution in [2.24, 2.45) is 0 Å². The molecule has 23 heavy (non-hydrogen) atoms. The molecule has 0 unspecified atom stereocenters. The number of nitrogens with zero attached hydrogens (tertiary/aromatic N) is 4. The molecule has 1 aliphatic rings. The van der Waals surface area contributed by atoms with Crippen LogP contribution in [0.1, 0.15) is 29.6 Å². The molecule has 1 amide bonds. The van der Waals surface area contributed by atoms with Crippen LogP contribution in [0.2, 0.25) is 0 Å².